The maximum atomic E-state index is 12.5. The Morgan fingerprint density at radius 2 is 1.89 bits per heavy atom. The van der Waals surface area contributed by atoms with Gasteiger partial charge in [0, 0.05) is 6.54 Å². The molecule has 0 spiro atoms. The minimum Gasteiger partial charge on any atom is -0.328 e. The van der Waals surface area contributed by atoms with Crippen molar-refractivity contribution in [2.24, 2.45) is 0 Å². The summed E-state index contributed by atoms with van der Waals surface area (Å²) in [6.45, 7) is 0.245. The van der Waals surface area contributed by atoms with Crippen LogP contribution in [-0.2, 0) is 11.3 Å². The van der Waals surface area contributed by atoms with Gasteiger partial charge < -0.3 is 10.2 Å². The van der Waals surface area contributed by atoms with Crippen LogP contribution in [0, 0.1) is 0 Å². The van der Waals surface area contributed by atoms with E-state index in [4.69, 9.17) is 0 Å². The van der Waals surface area contributed by atoms with Gasteiger partial charge in [-0.15, -0.1) is 0 Å². The Kier molecular flexibility index (Phi) is 5.35. The summed E-state index contributed by atoms with van der Waals surface area (Å²) < 4.78 is 37.6. The number of alkyl halides is 3. The summed E-state index contributed by atoms with van der Waals surface area (Å²) in [4.78, 5) is 12.7. The second kappa shape index (κ2) is 6.56. The van der Waals surface area contributed by atoms with Crippen LogP contribution in [0.4, 0.5) is 13.2 Å². The maximum absolute atomic E-state index is 12.5. The van der Waals surface area contributed by atoms with Gasteiger partial charge in [0.2, 0.25) is 5.91 Å². The molecule has 1 atom stereocenters. The largest absolute Gasteiger partial charge is 0.406 e. The second-order valence-electron chi connectivity index (χ2n) is 4.31. The highest BCUT2D eigenvalue weighted by atomic mass is 19.4. The van der Waals surface area contributed by atoms with Crippen LogP contribution in [0.25, 0.3) is 0 Å². The van der Waals surface area contributed by atoms with Crippen LogP contribution in [0.15, 0.2) is 30.3 Å². The average molecular weight is 274 g/mol. The summed E-state index contributed by atoms with van der Waals surface area (Å²) in [5, 5.41) is 2.66. The van der Waals surface area contributed by atoms with Crippen molar-refractivity contribution in [1.82, 2.24) is 10.2 Å². The first-order valence-electron chi connectivity index (χ1n) is 5.90. The fraction of sp³-hybridized carbons (Fsp3) is 0.462. The number of rotatable bonds is 5. The molecule has 0 saturated heterocycles. The highest BCUT2D eigenvalue weighted by molar-refractivity contribution is 5.81. The van der Waals surface area contributed by atoms with Crippen LogP contribution in [0.3, 0.4) is 0 Å². The first kappa shape index (κ1) is 15.5. The minimum atomic E-state index is -4.40. The zero-order valence-corrected chi connectivity index (χ0v) is 10.9. The Labute approximate surface area is 110 Å². The molecular weight excluding hydrogens is 257 g/mol. The summed E-state index contributed by atoms with van der Waals surface area (Å²) in [6.07, 6.45) is -4.40. The minimum absolute atomic E-state index is 0.0504. The van der Waals surface area contributed by atoms with Crippen molar-refractivity contribution in [2.75, 3.05) is 13.6 Å². The van der Waals surface area contributed by atoms with Gasteiger partial charge in [0.15, 0.2) is 0 Å². The Morgan fingerprint density at radius 3 is 2.37 bits per heavy atom. The molecule has 0 radical (unpaired) electrons. The third kappa shape index (κ3) is 5.30. The molecule has 3 nitrogen and oxygen atoms in total. The molecule has 0 bridgehead atoms. The SMILES string of the molecule is CNC(C)C(=O)N(Cc1ccccc1)CC(F)(F)F. The van der Waals surface area contributed by atoms with Gasteiger partial charge in [-0.3, -0.25) is 4.79 Å². The van der Waals surface area contributed by atoms with Gasteiger partial charge in [0.05, 0.1) is 6.04 Å². The van der Waals surface area contributed by atoms with E-state index in [0.717, 1.165) is 4.90 Å². The lowest BCUT2D eigenvalue weighted by atomic mass is 10.2. The number of likely N-dealkylation sites (N-methyl/N-ethyl adjacent to an activating group) is 1. The molecule has 1 aromatic rings. The number of hydrogen-bond donors (Lipinski definition) is 1. The summed E-state index contributed by atoms with van der Waals surface area (Å²) in [5.41, 5.74) is 0.670. The first-order chi connectivity index (χ1) is 8.83. The quantitative estimate of drug-likeness (QED) is 0.892. The third-order valence-electron chi connectivity index (χ3n) is 2.70. The van der Waals surface area contributed by atoms with Crippen LogP contribution in [-0.4, -0.2) is 36.6 Å². The Balaban J connectivity index is 2.83. The van der Waals surface area contributed by atoms with Crippen molar-refractivity contribution in [3.05, 3.63) is 35.9 Å². The second-order valence-corrected chi connectivity index (χ2v) is 4.31. The monoisotopic (exact) mass is 274 g/mol. The Hall–Kier alpha value is -1.56. The fourth-order valence-corrected chi connectivity index (χ4v) is 1.63. The van der Waals surface area contributed by atoms with E-state index in [0.29, 0.717) is 5.56 Å². The van der Waals surface area contributed by atoms with E-state index in [1.807, 2.05) is 0 Å². The van der Waals surface area contributed by atoms with Crippen molar-refractivity contribution in [1.29, 1.82) is 0 Å². The molecule has 1 unspecified atom stereocenters. The number of carbonyl (C=O) groups excluding carboxylic acids is 1. The Morgan fingerprint density at radius 1 is 1.32 bits per heavy atom. The standard InChI is InChI=1S/C13H17F3N2O/c1-10(17-2)12(19)18(9-13(14,15)16)8-11-6-4-3-5-7-11/h3-7,10,17H,8-9H2,1-2H3. The summed E-state index contributed by atoms with van der Waals surface area (Å²) >= 11 is 0. The van der Waals surface area contributed by atoms with Crippen LogP contribution in [0.5, 0.6) is 0 Å². The van der Waals surface area contributed by atoms with Crippen LogP contribution >= 0.6 is 0 Å². The number of hydrogen-bond acceptors (Lipinski definition) is 2. The van der Waals surface area contributed by atoms with E-state index in [1.165, 1.54) is 14.0 Å². The highest BCUT2D eigenvalue weighted by Crippen LogP contribution is 2.18. The van der Waals surface area contributed by atoms with Crippen molar-refractivity contribution in [3.63, 3.8) is 0 Å². The molecule has 6 heteroatoms. The number of nitrogens with one attached hydrogen (secondary N) is 1. The van der Waals surface area contributed by atoms with Gasteiger partial charge in [-0.1, -0.05) is 30.3 Å². The molecule has 106 valence electrons. The van der Waals surface area contributed by atoms with Crippen molar-refractivity contribution in [3.8, 4) is 0 Å². The third-order valence-corrected chi connectivity index (χ3v) is 2.70. The van der Waals surface area contributed by atoms with E-state index >= 15 is 0 Å². The topological polar surface area (TPSA) is 32.3 Å². The van der Waals surface area contributed by atoms with E-state index in [2.05, 4.69) is 5.32 Å². The number of benzene rings is 1. The van der Waals surface area contributed by atoms with Crippen LogP contribution in [0.1, 0.15) is 12.5 Å². The Bertz CT molecular complexity index is 406. The maximum Gasteiger partial charge on any atom is 0.406 e. The fourth-order valence-electron chi connectivity index (χ4n) is 1.63. The predicted molar refractivity (Wildman–Crippen MR) is 66.4 cm³/mol. The molecule has 0 aliphatic rings. The zero-order chi connectivity index (χ0) is 14.5. The lowest BCUT2D eigenvalue weighted by molar-refractivity contribution is -0.163. The average Bonchev–Trinajstić information content (AvgIpc) is 2.36. The molecule has 1 rings (SSSR count). The van der Waals surface area contributed by atoms with Crippen LogP contribution in [0.2, 0.25) is 0 Å². The van der Waals surface area contributed by atoms with Gasteiger partial charge in [0.1, 0.15) is 6.54 Å². The molecule has 0 saturated carbocycles. The summed E-state index contributed by atoms with van der Waals surface area (Å²) in [7, 11) is 1.54. The van der Waals surface area contributed by atoms with Gasteiger partial charge >= 0.3 is 6.18 Å². The predicted octanol–water partition coefficient (Wildman–Crippen LogP) is 2.19. The number of halogens is 3. The molecule has 1 aromatic carbocycles. The first-order valence-corrected chi connectivity index (χ1v) is 5.90. The molecule has 19 heavy (non-hydrogen) atoms. The number of amides is 1. The van der Waals surface area contributed by atoms with E-state index in [-0.39, 0.29) is 6.54 Å². The molecule has 0 heterocycles. The van der Waals surface area contributed by atoms with Gasteiger partial charge in [-0.25, -0.2) is 0 Å². The van der Waals surface area contributed by atoms with Gasteiger partial charge in [0.25, 0.3) is 0 Å². The smallest absolute Gasteiger partial charge is 0.328 e. The van der Waals surface area contributed by atoms with Gasteiger partial charge in [-0.2, -0.15) is 13.2 Å². The van der Waals surface area contributed by atoms with E-state index in [9.17, 15) is 18.0 Å². The number of nitrogens with zero attached hydrogens (tertiary/aromatic N) is 1. The molecule has 0 aromatic heterocycles. The van der Waals surface area contributed by atoms with E-state index < -0.39 is 24.7 Å². The molecule has 1 amide bonds. The molecule has 0 fully saturated rings. The lowest BCUT2D eigenvalue weighted by Gasteiger charge is -2.26. The molecule has 0 aliphatic heterocycles. The molecule has 0 aliphatic carbocycles. The lowest BCUT2D eigenvalue weighted by Crippen LogP contribution is -2.46. The summed E-state index contributed by atoms with van der Waals surface area (Å²) in [6, 6.07) is 7.98. The van der Waals surface area contributed by atoms with Crippen LogP contribution < -0.4 is 5.32 Å². The highest BCUT2D eigenvalue weighted by Gasteiger charge is 2.34. The normalized spacial score (nSPS) is 13.1. The zero-order valence-electron chi connectivity index (χ0n) is 10.9. The molecular formula is C13H17F3N2O. The van der Waals surface area contributed by atoms with Crippen molar-refractivity contribution >= 4 is 5.91 Å². The number of carbonyl (C=O) groups is 1. The van der Waals surface area contributed by atoms with Crippen molar-refractivity contribution < 1.29 is 18.0 Å². The van der Waals surface area contributed by atoms with Crippen molar-refractivity contribution in [2.45, 2.75) is 25.7 Å². The van der Waals surface area contributed by atoms with E-state index in [1.54, 1.807) is 30.3 Å². The van der Waals surface area contributed by atoms with Gasteiger partial charge in [-0.05, 0) is 19.5 Å². The molecule has 1 N–H and O–H groups in total. The summed E-state index contributed by atoms with van der Waals surface area (Å²) in [5.74, 6) is -0.566.